The van der Waals surface area contributed by atoms with E-state index in [9.17, 15) is 14.4 Å². The van der Waals surface area contributed by atoms with Crippen LogP contribution in [-0.2, 0) is 49.4 Å². The molecule has 0 amide bonds. The van der Waals surface area contributed by atoms with Crippen molar-refractivity contribution in [3.8, 4) is 0 Å². The first-order valence-electron chi connectivity index (χ1n) is 9.99. The Hall–Kier alpha value is -2.11. The second kappa shape index (κ2) is 12.6. The number of alkyl halides is 3. The van der Waals surface area contributed by atoms with Gasteiger partial charge in [-0.05, 0) is 5.56 Å². The van der Waals surface area contributed by atoms with Crippen LogP contribution in [0.4, 0.5) is 0 Å². The molecule has 13 heteroatoms. The van der Waals surface area contributed by atoms with Crippen molar-refractivity contribution in [2.45, 2.75) is 61.9 Å². The normalized spacial score (nSPS) is 24.6. The van der Waals surface area contributed by atoms with Crippen molar-refractivity contribution < 1.29 is 42.8 Å². The highest BCUT2D eigenvalue weighted by Gasteiger charge is 2.54. The van der Waals surface area contributed by atoms with Gasteiger partial charge in [-0.2, -0.15) is 0 Å². The zero-order chi connectivity index (χ0) is 25.5. The highest BCUT2D eigenvalue weighted by Crippen LogP contribution is 2.33. The number of rotatable bonds is 8. The van der Waals surface area contributed by atoms with E-state index in [0.29, 0.717) is 0 Å². The van der Waals surface area contributed by atoms with E-state index in [4.69, 9.17) is 68.6 Å². The van der Waals surface area contributed by atoms with Crippen molar-refractivity contribution in [1.82, 2.24) is 0 Å². The van der Waals surface area contributed by atoms with Crippen LogP contribution in [0.3, 0.4) is 0 Å². The van der Waals surface area contributed by atoms with E-state index >= 15 is 0 Å². The van der Waals surface area contributed by atoms with Crippen LogP contribution in [0.1, 0.15) is 26.3 Å². The molecule has 2 rings (SSSR count). The standard InChI is InChI=1S/C21H24Cl3NO9/c1-11(26)30-16-15(10-29-9-14-7-5-4-6-8-14)33-19(34-20(25)21(22,23)24)18(32-13(3)28)17(16)31-12(2)27/h4-8,15-19,25H,9-10H2,1-3H3/t15-,16+,17+,18-,19-/m1/s1. The third kappa shape index (κ3) is 8.59. The summed E-state index contributed by atoms with van der Waals surface area (Å²) < 4.78 is 30.5. The van der Waals surface area contributed by atoms with Gasteiger partial charge in [0.05, 0.1) is 13.2 Å². The second-order valence-electron chi connectivity index (χ2n) is 7.21. The minimum Gasteiger partial charge on any atom is -0.456 e. The summed E-state index contributed by atoms with van der Waals surface area (Å²) in [5, 5.41) is 7.87. The molecule has 5 atom stereocenters. The Morgan fingerprint density at radius 2 is 1.41 bits per heavy atom. The summed E-state index contributed by atoms with van der Waals surface area (Å²) in [6, 6.07) is 9.22. The van der Waals surface area contributed by atoms with E-state index in [1.807, 2.05) is 30.3 Å². The Morgan fingerprint density at radius 3 is 1.94 bits per heavy atom. The Kier molecular flexibility index (Phi) is 10.4. The fraction of sp³-hybridized carbons (Fsp3) is 0.524. The lowest BCUT2D eigenvalue weighted by molar-refractivity contribution is -0.293. The molecule has 1 aromatic carbocycles. The first kappa shape index (κ1) is 28.1. The molecule has 0 radical (unpaired) electrons. The molecule has 0 aromatic heterocycles. The summed E-state index contributed by atoms with van der Waals surface area (Å²) in [5.41, 5.74) is 0.863. The fourth-order valence-electron chi connectivity index (χ4n) is 3.13. The van der Waals surface area contributed by atoms with Gasteiger partial charge in [0, 0.05) is 20.8 Å². The van der Waals surface area contributed by atoms with Crippen molar-refractivity contribution in [2.24, 2.45) is 0 Å². The van der Waals surface area contributed by atoms with Crippen molar-refractivity contribution in [3.05, 3.63) is 35.9 Å². The molecule has 0 aliphatic carbocycles. The number of carbonyl (C=O) groups excluding carboxylic acids is 3. The van der Waals surface area contributed by atoms with Crippen LogP contribution in [0.25, 0.3) is 0 Å². The first-order chi connectivity index (χ1) is 15.9. The SMILES string of the molecule is CC(=O)O[C@H]1[C@@H](OC(C)=O)[C@@H](COCc2ccccc2)O[C@H](OC(=N)C(Cl)(Cl)Cl)[C@@H]1OC(C)=O. The molecule has 0 unspecified atom stereocenters. The third-order valence-electron chi connectivity index (χ3n) is 4.38. The van der Waals surface area contributed by atoms with Crippen LogP contribution in [0.2, 0.25) is 0 Å². The maximum Gasteiger partial charge on any atom is 0.303 e. The van der Waals surface area contributed by atoms with Gasteiger partial charge in [0.15, 0.2) is 12.2 Å². The van der Waals surface area contributed by atoms with Gasteiger partial charge in [-0.1, -0.05) is 65.1 Å². The first-order valence-corrected chi connectivity index (χ1v) is 11.1. The maximum atomic E-state index is 11.8. The van der Waals surface area contributed by atoms with Gasteiger partial charge in [-0.25, -0.2) is 0 Å². The average Bonchev–Trinajstić information content (AvgIpc) is 2.72. The molecule has 1 fully saturated rings. The molecule has 1 aliphatic heterocycles. The minimum absolute atomic E-state index is 0.154. The Bertz CT molecular complexity index is 878. The van der Waals surface area contributed by atoms with Gasteiger partial charge in [0.1, 0.15) is 6.10 Å². The van der Waals surface area contributed by atoms with E-state index in [-0.39, 0.29) is 13.2 Å². The lowest BCUT2D eigenvalue weighted by Gasteiger charge is -2.44. The topological polar surface area (TPSA) is 130 Å². The van der Waals surface area contributed by atoms with Crippen LogP contribution >= 0.6 is 34.8 Å². The Morgan fingerprint density at radius 1 is 0.882 bits per heavy atom. The van der Waals surface area contributed by atoms with E-state index in [2.05, 4.69) is 0 Å². The van der Waals surface area contributed by atoms with Gasteiger partial charge in [-0.15, -0.1) is 0 Å². The van der Waals surface area contributed by atoms with E-state index < -0.39 is 58.3 Å². The zero-order valence-electron chi connectivity index (χ0n) is 18.5. The maximum absolute atomic E-state index is 11.8. The van der Waals surface area contributed by atoms with Gasteiger partial charge in [0.2, 0.25) is 18.3 Å². The van der Waals surface area contributed by atoms with Crippen LogP contribution in [0.15, 0.2) is 30.3 Å². The fourth-order valence-corrected chi connectivity index (χ4v) is 3.27. The van der Waals surface area contributed by atoms with Crippen molar-refractivity contribution in [2.75, 3.05) is 6.61 Å². The van der Waals surface area contributed by atoms with Crippen LogP contribution in [0, 0.1) is 5.41 Å². The summed E-state index contributed by atoms with van der Waals surface area (Å²) in [6.07, 6.45) is -6.73. The Balaban J connectivity index is 2.35. The molecule has 1 aliphatic rings. The quantitative estimate of drug-likeness (QED) is 0.174. The van der Waals surface area contributed by atoms with Gasteiger partial charge >= 0.3 is 17.9 Å². The largest absolute Gasteiger partial charge is 0.456 e. The number of hydrogen-bond donors (Lipinski definition) is 1. The molecular weight excluding hydrogens is 517 g/mol. The van der Waals surface area contributed by atoms with Crippen LogP contribution in [0.5, 0.6) is 0 Å². The summed E-state index contributed by atoms with van der Waals surface area (Å²) >= 11 is 17.1. The summed E-state index contributed by atoms with van der Waals surface area (Å²) in [5.74, 6) is -3.11. The average molecular weight is 541 g/mol. The number of carbonyl (C=O) groups is 3. The smallest absolute Gasteiger partial charge is 0.303 e. The molecule has 1 N–H and O–H groups in total. The summed E-state index contributed by atoms with van der Waals surface area (Å²) in [7, 11) is 0. The predicted molar refractivity (Wildman–Crippen MR) is 121 cm³/mol. The van der Waals surface area contributed by atoms with Crippen LogP contribution in [-0.4, -0.2) is 64.9 Å². The summed E-state index contributed by atoms with van der Waals surface area (Å²) in [6.45, 7) is 3.39. The number of esters is 3. The lowest BCUT2D eigenvalue weighted by Crippen LogP contribution is -2.63. The van der Waals surface area contributed by atoms with Gasteiger partial charge < -0.3 is 28.4 Å². The molecule has 1 saturated heterocycles. The van der Waals surface area contributed by atoms with Gasteiger partial charge in [0.25, 0.3) is 3.79 Å². The molecule has 34 heavy (non-hydrogen) atoms. The molecule has 1 aromatic rings. The monoisotopic (exact) mass is 539 g/mol. The van der Waals surface area contributed by atoms with Crippen molar-refractivity contribution in [1.29, 1.82) is 5.41 Å². The minimum atomic E-state index is -2.26. The molecule has 188 valence electrons. The number of hydrogen-bond acceptors (Lipinski definition) is 10. The molecule has 0 bridgehead atoms. The highest BCUT2D eigenvalue weighted by molar-refractivity contribution is 6.76. The zero-order valence-corrected chi connectivity index (χ0v) is 20.8. The molecule has 0 saturated carbocycles. The predicted octanol–water partition coefficient (Wildman–Crippen LogP) is 3.09. The van der Waals surface area contributed by atoms with E-state index in [1.165, 1.54) is 0 Å². The highest BCUT2D eigenvalue weighted by atomic mass is 35.6. The van der Waals surface area contributed by atoms with E-state index in [0.717, 1.165) is 26.3 Å². The second-order valence-corrected chi connectivity index (χ2v) is 9.49. The molecule has 1 heterocycles. The number of ether oxygens (including phenoxy) is 6. The van der Waals surface area contributed by atoms with Crippen molar-refractivity contribution >= 4 is 58.6 Å². The molecule has 10 nitrogen and oxygen atoms in total. The molecular formula is C21H24Cl3NO9. The van der Waals surface area contributed by atoms with Crippen molar-refractivity contribution in [3.63, 3.8) is 0 Å². The summed E-state index contributed by atoms with van der Waals surface area (Å²) in [4.78, 5) is 35.4. The lowest BCUT2D eigenvalue weighted by atomic mass is 9.98. The number of benzene rings is 1. The Labute approximate surface area is 211 Å². The van der Waals surface area contributed by atoms with Gasteiger partial charge in [-0.3, -0.25) is 19.8 Å². The molecule has 0 spiro atoms. The number of nitrogens with one attached hydrogen (secondary N) is 1. The third-order valence-corrected chi connectivity index (χ3v) is 4.90. The number of halogens is 3. The van der Waals surface area contributed by atoms with Crippen LogP contribution < -0.4 is 0 Å². The van der Waals surface area contributed by atoms with E-state index in [1.54, 1.807) is 0 Å².